The minimum absolute atomic E-state index is 0.594. The summed E-state index contributed by atoms with van der Waals surface area (Å²) in [5, 5.41) is 0.601. The summed E-state index contributed by atoms with van der Waals surface area (Å²) in [4.78, 5) is 0. The van der Waals surface area contributed by atoms with Crippen LogP contribution in [0.2, 0.25) is 5.31 Å². The van der Waals surface area contributed by atoms with Crippen LogP contribution in [0.25, 0.3) is 0 Å². The molecule has 1 rings (SSSR count). The summed E-state index contributed by atoms with van der Waals surface area (Å²) < 4.78 is 0. The third kappa shape index (κ3) is 5.16. The van der Waals surface area contributed by atoms with Gasteiger partial charge in [-0.25, -0.2) is 0 Å². The van der Waals surface area contributed by atoms with Crippen molar-refractivity contribution in [1.29, 1.82) is 0 Å². The Morgan fingerprint density at radius 1 is 1.21 bits per heavy atom. The fourth-order valence-corrected chi connectivity index (χ4v) is 4.16. The van der Waals surface area contributed by atoms with Crippen LogP contribution in [0.4, 0.5) is 0 Å². The average molecular weight is 264 g/mol. The second-order valence-corrected chi connectivity index (χ2v) is 8.37. The molecular formula is C18H37B. The van der Waals surface area contributed by atoms with Crippen LogP contribution in [-0.4, -0.2) is 7.85 Å². The summed E-state index contributed by atoms with van der Waals surface area (Å²) in [6, 6.07) is 0. The van der Waals surface area contributed by atoms with Crippen molar-refractivity contribution in [3.63, 3.8) is 0 Å². The number of hydrogen-bond donors (Lipinski definition) is 0. The van der Waals surface area contributed by atoms with Crippen LogP contribution in [0.3, 0.4) is 0 Å². The molecule has 1 fully saturated rings. The van der Waals surface area contributed by atoms with Crippen LogP contribution < -0.4 is 0 Å². The van der Waals surface area contributed by atoms with E-state index in [9.17, 15) is 0 Å². The lowest BCUT2D eigenvalue weighted by atomic mass is 9.59. The highest BCUT2D eigenvalue weighted by atomic mass is 14.4. The molecular weight excluding hydrogens is 227 g/mol. The Kier molecular flexibility index (Phi) is 6.47. The predicted octanol–water partition coefficient (Wildman–Crippen LogP) is 5.62. The van der Waals surface area contributed by atoms with Crippen molar-refractivity contribution >= 4 is 7.85 Å². The molecule has 0 aromatic heterocycles. The first-order chi connectivity index (χ1) is 8.83. The van der Waals surface area contributed by atoms with Gasteiger partial charge < -0.3 is 0 Å². The molecule has 1 aliphatic carbocycles. The molecule has 0 heterocycles. The maximum atomic E-state index is 2.58. The molecule has 0 spiro atoms. The van der Waals surface area contributed by atoms with Crippen molar-refractivity contribution in [2.75, 3.05) is 0 Å². The third-order valence-corrected chi connectivity index (χ3v) is 6.12. The van der Waals surface area contributed by atoms with Gasteiger partial charge in [0.2, 0.25) is 0 Å². The van der Waals surface area contributed by atoms with E-state index in [1.54, 1.807) is 0 Å². The molecule has 112 valence electrons. The van der Waals surface area contributed by atoms with E-state index >= 15 is 0 Å². The first-order valence-corrected chi connectivity index (χ1v) is 8.83. The van der Waals surface area contributed by atoms with Crippen LogP contribution in [-0.2, 0) is 0 Å². The van der Waals surface area contributed by atoms with Crippen molar-refractivity contribution in [2.24, 2.45) is 17.3 Å². The highest BCUT2D eigenvalue weighted by Gasteiger charge is 2.34. The fourth-order valence-electron chi connectivity index (χ4n) is 4.16. The van der Waals surface area contributed by atoms with E-state index in [0.717, 1.165) is 11.8 Å². The summed E-state index contributed by atoms with van der Waals surface area (Å²) in [7, 11) is 2.46. The monoisotopic (exact) mass is 264 g/mol. The Bertz CT molecular complexity index is 246. The Morgan fingerprint density at radius 2 is 1.74 bits per heavy atom. The minimum atomic E-state index is 0.594. The third-order valence-electron chi connectivity index (χ3n) is 6.12. The van der Waals surface area contributed by atoms with Crippen LogP contribution in [0, 0.1) is 17.3 Å². The average Bonchev–Trinajstić information content (AvgIpc) is 2.33. The topological polar surface area (TPSA) is 0 Å². The standard InChI is InChI=1S/C18H37B/c1-6-15(3)14-17(4,7-2)16-10-8-12-18(5,19)13-9-11-16/h15-16H,6-14,19H2,1-5H3. The highest BCUT2D eigenvalue weighted by Crippen LogP contribution is 2.47. The Hall–Kier alpha value is 0.0649. The lowest BCUT2D eigenvalue weighted by molar-refractivity contribution is 0.104. The minimum Gasteiger partial charge on any atom is -0.0669 e. The van der Waals surface area contributed by atoms with E-state index in [0.29, 0.717) is 10.7 Å². The van der Waals surface area contributed by atoms with Gasteiger partial charge >= 0.3 is 0 Å². The van der Waals surface area contributed by atoms with Crippen LogP contribution in [0.1, 0.15) is 92.4 Å². The first-order valence-electron chi connectivity index (χ1n) is 8.83. The van der Waals surface area contributed by atoms with Gasteiger partial charge in [-0.2, -0.15) is 0 Å². The molecule has 0 N–H and O–H groups in total. The number of hydrogen-bond acceptors (Lipinski definition) is 0. The van der Waals surface area contributed by atoms with E-state index in [4.69, 9.17) is 0 Å². The maximum absolute atomic E-state index is 2.58. The first kappa shape index (κ1) is 17.1. The molecule has 2 atom stereocenters. The summed E-state index contributed by atoms with van der Waals surface area (Å²) >= 11 is 0. The molecule has 2 unspecified atom stereocenters. The van der Waals surface area contributed by atoms with E-state index in [1.807, 2.05) is 0 Å². The molecule has 0 amide bonds. The zero-order valence-electron chi connectivity index (χ0n) is 14.5. The molecule has 0 aromatic rings. The molecule has 0 bridgehead atoms. The molecule has 1 heteroatoms. The molecule has 19 heavy (non-hydrogen) atoms. The smallest absolute Gasteiger partial charge is 0.0669 e. The molecule has 1 aliphatic rings. The van der Waals surface area contributed by atoms with Crippen molar-refractivity contribution in [2.45, 2.75) is 97.7 Å². The Labute approximate surface area is 123 Å². The van der Waals surface area contributed by atoms with Gasteiger partial charge in [0.1, 0.15) is 7.85 Å². The summed E-state index contributed by atoms with van der Waals surface area (Å²) in [5.41, 5.74) is 0.594. The van der Waals surface area contributed by atoms with E-state index in [-0.39, 0.29) is 0 Å². The van der Waals surface area contributed by atoms with Crippen molar-refractivity contribution in [3.8, 4) is 0 Å². The summed E-state index contributed by atoms with van der Waals surface area (Å²) in [6.07, 6.45) is 12.9. The highest BCUT2D eigenvalue weighted by molar-refractivity contribution is 6.14. The number of rotatable bonds is 5. The Balaban J connectivity index is 2.65. The van der Waals surface area contributed by atoms with E-state index in [1.165, 1.54) is 57.8 Å². The molecule has 0 aromatic carbocycles. The van der Waals surface area contributed by atoms with Gasteiger partial charge in [-0.05, 0) is 36.5 Å². The summed E-state index contributed by atoms with van der Waals surface area (Å²) in [5.74, 6) is 1.87. The molecule has 0 aliphatic heterocycles. The normalized spacial score (nSPS) is 34.1. The van der Waals surface area contributed by atoms with E-state index in [2.05, 4.69) is 42.5 Å². The van der Waals surface area contributed by atoms with Gasteiger partial charge in [0.15, 0.2) is 0 Å². The largest absolute Gasteiger partial charge is 0.109 e. The molecule has 0 saturated heterocycles. The van der Waals surface area contributed by atoms with Gasteiger partial charge in [-0.15, -0.1) is 0 Å². The van der Waals surface area contributed by atoms with Crippen LogP contribution >= 0.6 is 0 Å². The van der Waals surface area contributed by atoms with Gasteiger partial charge in [0, 0.05) is 0 Å². The van der Waals surface area contributed by atoms with Crippen LogP contribution in [0.15, 0.2) is 0 Å². The lowest BCUT2D eigenvalue weighted by Crippen LogP contribution is -2.30. The fraction of sp³-hybridized carbons (Fsp3) is 1.00. The van der Waals surface area contributed by atoms with Gasteiger partial charge in [-0.3, -0.25) is 0 Å². The SMILES string of the molecule is BC1(C)CCCC(C(C)(CC)CC(C)CC)CCC1. The molecule has 1 saturated carbocycles. The van der Waals surface area contributed by atoms with Gasteiger partial charge in [-0.1, -0.05) is 78.5 Å². The maximum Gasteiger partial charge on any atom is 0.109 e. The quantitative estimate of drug-likeness (QED) is 0.565. The zero-order chi connectivity index (χ0) is 14.5. The van der Waals surface area contributed by atoms with Crippen LogP contribution in [0.5, 0.6) is 0 Å². The van der Waals surface area contributed by atoms with Crippen molar-refractivity contribution in [1.82, 2.24) is 0 Å². The Morgan fingerprint density at radius 3 is 2.16 bits per heavy atom. The zero-order valence-corrected chi connectivity index (χ0v) is 14.5. The second-order valence-electron chi connectivity index (χ2n) is 8.37. The van der Waals surface area contributed by atoms with Gasteiger partial charge in [0.25, 0.3) is 0 Å². The predicted molar refractivity (Wildman–Crippen MR) is 90.6 cm³/mol. The molecule has 0 nitrogen and oxygen atoms in total. The van der Waals surface area contributed by atoms with Crippen molar-refractivity contribution in [3.05, 3.63) is 0 Å². The lowest BCUT2D eigenvalue weighted by Gasteiger charge is -2.42. The van der Waals surface area contributed by atoms with E-state index < -0.39 is 0 Å². The second kappa shape index (κ2) is 7.18. The van der Waals surface area contributed by atoms with Crippen molar-refractivity contribution < 1.29 is 0 Å². The molecule has 0 radical (unpaired) electrons. The summed E-state index contributed by atoms with van der Waals surface area (Å²) in [6.45, 7) is 12.3. The van der Waals surface area contributed by atoms with Gasteiger partial charge in [0.05, 0.1) is 0 Å².